The van der Waals surface area contributed by atoms with Crippen molar-refractivity contribution >= 4 is 0 Å². The third-order valence-corrected chi connectivity index (χ3v) is 4.49. The molecule has 0 saturated heterocycles. The highest BCUT2D eigenvalue weighted by Crippen LogP contribution is 2.25. The number of nitrogens with one attached hydrogen (secondary N) is 1. The van der Waals surface area contributed by atoms with Crippen molar-refractivity contribution in [2.75, 3.05) is 6.54 Å². The van der Waals surface area contributed by atoms with Crippen LogP contribution >= 0.6 is 0 Å². The number of rotatable bonds is 6. The number of nitrogens with two attached hydrogens (primary N) is 1. The molecule has 2 heteroatoms. The van der Waals surface area contributed by atoms with Crippen LogP contribution in [-0.4, -0.2) is 18.1 Å². The van der Waals surface area contributed by atoms with Gasteiger partial charge in [-0.2, -0.15) is 0 Å². The molecule has 1 aliphatic rings. The van der Waals surface area contributed by atoms with Gasteiger partial charge in [-0.05, 0) is 44.6 Å². The van der Waals surface area contributed by atoms with Gasteiger partial charge in [0.1, 0.15) is 0 Å². The van der Waals surface area contributed by atoms with Crippen molar-refractivity contribution in [3.63, 3.8) is 0 Å². The monoisotopic (exact) mass is 212 g/mol. The minimum absolute atomic E-state index is 0.363. The third-order valence-electron chi connectivity index (χ3n) is 4.49. The normalized spacial score (nSPS) is 27.2. The highest BCUT2D eigenvalue weighted by Gasteiger charge is 2.28. The molecular formula is C13H28N2. The van der Waals surface area contributed by atoms with Gasteiger partial charge in [0.15, 0.2) is 0 Å². The average Bonchev–Trinajstić information content (AvgIpc) is 2.67. The van der Waals surface area contributed by atoms with Crippen molar-refractivity contribution in [3.8, 4) is 0 Å². The van der Waals surface area contributed by atoms with Gasteiger partial charge in [0.25, 0.3) is 0 Å². The van der Waals surface area contributed by atoms with E-state index >= 15 is 0 Å². The van der Waals surface area contributed by atoms with E-state index in [0.29, 0.717) is 17.5 Å². The maximum Gasteiger partial charge on any atom is 0.0173 e. The van der Waals surface area contributed by atoms with Gasteiger partial charge in [0, 0.05) is 11.6 Å². The zero-order chi connectivity index (χ0) is 11.3. The van der Waals surface area contributed by atoms with Gasteiger partial charge in [-0.1, -0.05) is 27.2 Å². The first-order valence-corrected chi connectivity index (χ1v) is 6.68. The average molecular weight is 212 g/mol. The van der Waals surface area contributed by atoms with Crippen molar-refractivity contribution in [1.29, 1.82) is 0 Å². The van der Waals surface area contributed by atoms with E-state index < -0.39 is 0 Å². The molecule has 0 radical (unpaired) electrons. The lowest BCUT2D eigenvalue weighted by atomic mass is 9.89. The second-order valence-electron chi connectivity index (χ2n) is 5.08. The molecule has 1 saturated carbocycles. The lowest BCUT2D eigenvalue weighted by molar-refractivity contribution is 0.265. The Hall–Kier alpha value is -0.0800. The Morgan fingerprint density at radius 3 is 2.13 bits per heavy atom. The standard InChI is InChI=1S/C13H28N2/c1-4-13(5-2,6-3)15-10-11-8-7-9-12(11)14/h11-12,15H,4-10,14H2,1-3H3. The Morgan fingerprint density at radius 1 is 1.13 bits per heavy atom. The molecule has 0 aromatic heterocycles. The van der Waals surface area contributed by atoms with E-state index in [-0.39, 0.29) is 0 Å². The highest BCUT2D eigenvalue weighted by atomic mass is 15.0. The van der Waals surface area contributed by atoms with Crippen LogP contribution in [0, 0.1) is 5.92 Å². The van der Waals surface area contributed by atoms with Crippen molar-refractivity contribution in [3.05, 3.63) is 0 Å². The zero-order valence-electron chi connectivity index (χ0n) is 10.7. The summed E-state index contributed by atoms with van der Waals surface area (Å²) in [6.45, 7) is 7.98. The minimum atomic E-state index is 0.363. The van der Waals surface area contributed by atoms with Crippen molar-refractivity contribution in [1.82, 2.24) is 5.32 Å². The Bertz CT molecular complexity index is 167. The topological polar surface area (TPSA) is 38.0 Å². The molecule has 3 N–H and O–H groups in total. The maximum absolute atomic E-state index is 6.09. The fraction of sp³-hybridized carbons (Fsp3) is 1.00. The van der Waals surface area contributed by atoms with Crippen LogP contribution in [0.15, 0.2) is 0 Å². The van der Waals surface area contributed by atoms with Crippen LogP contribution in [0.3, 0.4) is 0 Å². The van der Waals surface area contributed by atoms with E-state index in [1.54, 1.807) is 0 Å². The van der Waals surface area contributed by atoms with Crippen LogP contribution < -0.4 is 11.1 Å². The second kappa shape index (κ2) is 5.86. The molecule has 1 rings (SSSR count). The molecule has 0 spiro atoms. The van der Waals surface area contributed by atoms with Gasteiger partial charge in [0.05, 0.1) is 0 Å². The molecule has 15 heavy (non-hydrogen) atoms. The van der Waals surface area contributed by atoms with Crippen LogP contribution in [0.4, 0.5) is 0 Å². The van der Waals surface area contributed by atoms with Crippen molar-refractivity contribution in [2.24, 2.45) is 11.7 Å². The van der Waals surface area contributed by atoms with Crippen LogP contribution in [0.5, 0.6) is 0 Å². The molecule has 2 nitrogen and oxygen atoms in total. The molecule has 2 atom stereocenters. The molecule has 0 aromatic rings. The second-order valence-corrected chi connectivity index (χ2v) is 5.08. The molecule has 0 aromatic carbocycles. The van der Waals surface area contributed by atoms with Gasteiger partial charge in [-0.25, -0.2) is 0 Å². The van der Waals surface area contributed by atoms with E-state index in [0.717, 1.165) is 6.54 Å². The summed E-state index contributed by atoms with van der Waals surface area (Å²) >= 11 is 0. The Kier molecular flexibility index (Phi) is 5.07. The van der Waals surface area contributed by atoms with Crippen LogP contribution in [0.2, 0.25) is 0 Å². The van der Waals surface area contributed by atoms with Gasteiger partial charge >= 0.3 is 0 Å². The molecule has 0 aliphatic heterocycles. The molecular weight excluding hydrogens is 184 g/mol. The summed E-state index contributed by atoms with van der Waals surface area (Å²) in [5, 5.41) is 3.77. The first kappa shape index (κ1) is 13.0. The summed E-state index contributed by atoms with van der Waals surface area (Å²) in [6, 6.07) is 0.445. The molecule has 0 heterocycles. The van der Waals surface area contributed by atoms with Crippen LogP contribution in [-0.2, 0) is 0 Å². The summed E-state index contributed by atoms with van der Waals surface area (Å²) in [7, 11) is 0. The number of hydrogen-bond acceptors (Lipinski definition) is 2. The fourth-order valence-electron chi connectivity index (χ4n) is 2.79. The lowest BCUT2D eigenvalue weighted by Crippen LogP contribution is -2.47. The Balaban J connectivity index is 2.39. The van der Waals surface area contributed by atoms with Crippen LogP contribution in [0.1, 0.15) is 59.3 Å². The Labute approximate surface area is 95.0 Å². The third kappa shape index (κ3) is 3.18. The van der Waals surface area contributed by atoms with Gasteiger partial charge in [-0.3, -0.25) is 0 Å². The smallest absolute Gasteiger partial charge is 0.0173 e. The van der Waals surface area contributed by atoms with Gasteiger partial charge < -0.3 is 11.1 Å². The number of hydrogen-bond donors (Lipinski definition) is 2. The van der Waals surface area contributed by atoms with Crippen LogP contribution in [0.25, 0.3) is 0 Å². The van der Waals surface area contributed by atoms with E-state index in [1.165, 1.54) is 38.5 Å². The minimum Gasteiger partial charge on any atom is -0.327 e. The van der Waals surface area contributed by atoms with Gasteiger partial charge in [-0.15, -0.1) is 0 Å². The summed E-state index contributed by atoms with van der Waals surface area (Å²) in [6.07, 6.45) is 7.54. The van der Waals surface area contributed by atoms with Crippen molar-refractivity contribution < 1.29 is 0 Å². The van der Waals surface area contributed by atoms with E-state index in [1.807, 2.05) is 0 Å². The summed E-state index contributed by atoms with van der Waals surface area (Å²) in [5.74, 6) is 0.717. The van der Waals surface area contributed by atoms with E-state index in [2.05, 4.69) is 26.1 Å². The first-order chi connectivity index (χ1) is 7.17. The van der Waals surface area contributed by atoms with E-state index in [9.17, 15) is 0 Å². The summed E-state index contributed by atoms with van der Waals surface area (Å²) in [5.41, 5.74) is 6.46. The molecule has 2 unspecified atom stereocenters. The highest BCUT2D eigenvalue weighted by molar-refractivity contribution is 4.88. The fourth-order valence-corrected chi connectivity index (χ4v) is 2.79. The molecule has 0 bridgehead atoms. The predicted octanol–water partition coefficient (Wildman–Crippen LogP) is 2.67. The van der Waals surface area contributed by atoms with Crippen molar-refractivity contribution in [2.45, 2.75) is 70.9 Å². The molecule has 90 valence electrons. The van der Waals surface area contributed by atoms with Gasteiger partial charge in [0.2, 0.25) is 0 Å². The largest absolute Gasteiger partial charge is 0.327 e. The molecule has 1 aliphatic carbocycles. The molecule has 1 fully saturated rings. The predicted molar refractivity (Wildman–Crippen MR) is 66.9 cm³/mol. The quantitative estimate of drug-likeness (QED) is 0.710. The lowest BCUT2D eigenvalue weighted by Gasteiger charge is -2.34. The summed E-state index contributed by atoms with van der Waals surface area (Å²) in [4.78, 5) is 0. The SMILES string of the molecule is CCC(CC)(CC)NCC1CCCC1N. The molecule has 0 amide bonds. The Morgan fingerprint density at radius 2 is 1.73 bits per heavy atom. The summed E-state index contributed by atoms with van der Waals surface area (Å²) < 4.78 is 0. The van der Waals surface area contributed by atoms with E-state index in [4.69, 9.17) is 5.73 Å². The maximum atomic E-state index is 6.09. The zero-order valence-corrected chi connectivity index (χ0v) is 10.7. The first-order valence-electron chi connectivity index (χ1n) is 6.68.